The third-order valence-electron chi connectivity index (χ3n) is 4.49. The van der Waals surface area contributed by atoms with Gasteiger partial charge < -0.3 is 24.3 Å². The Morgan fingerprint density at radius 1 is 0.906 bits per heavy atom. The van der Waals surface area contributed by atoms with E-state index < -0.39 is 0 Å². The first-order valence-corrected chi connectivity index (χ1v) is 10.1. The highest BCUT2D eigenvalue weighted by Crippen LogP contribution is 2.31. The first-order chi connectivity index (χ1) is 15.6. The zero-order chi connectivity index (χ0) is 22.8. The SMILES string of the molecule is CCOc1cc(C=CC(=O)Nc2ccc(OC)c(OCc3ccncc3)c2)ccc1OC. The van der Waals surface area contributed by atoms with Gasteiger partial charge in [-0.3, -0.25) is 9.78 Å². The molecule has 0 bridgehead atoms. The van der Waals surface area contributed by atoms with Crippen molar-refractivity contribution in [3.63, 3.8) is 0 Å². The molecule has 7 nitrogen and oxygen atoms in total. The molecule has 1 amide bonds. The largest absolute Gasteiger partial charge is 0.493 e. The van der Waals surface area contributed by atoms with Gasteiger partial charge in [0, 0.05) is 30.2 Å². The monoisotopic (exact) mass is 434 g/mol. The Morgan fingerprint density at radius 2 is 1.59 bits per heavy atom. The van der Waals surface area contributed by atoms with Crippen LogP contribution >= 0.6 is 0 Å². The number of hydrogen-bond donors (Lipinski definition) is 1. The van der Waals surface area contributed by atoms with Crippen molar-refractivity contribution in [3.05, 3.63) is 78.1 Å². The number of carbonyl (C=O) groups is 1. The van der Waals surface area contributed by atoms with Gasteiger partial charge in [0.15, 0.2) is 23.0 Å². The quantitative estimate of drug-likeness (QED) is 0.465. The second-order valence-electron chi connectivity index (χ2n) is 6.68. The Kier molecular flexibility index (Phi) is 8.09. The van der Waals surface area contributed by atoms with Gasteiger partial charge in [0.05, 0.1) is 20.8 Å². The van der Waals surface area contributed by atoms with Crippen LogP contribution in [0.4, 0.5) is 5.69 Å². The molecule has 1 heterocycles. The molecule has 3 aromatic rings. The van der Waals surface area contributed by atoms with Crippen molar-refractivity contribution in [1.29, 1.82) is 0 Å². The smallest absolute Gasteiger partial charge is 0.248 e. The minimum Gasteiger partial charge on any atom is -0.493 e. The lowest BCUT2D eigenvalue weighted by molar-refractivity contribution is -0.111. The van der Waals surface area contributed by atoms with Crippen molar-refractivity contribution in [2.75, 3.05) is 26.1 Å². The Labute approximate surface area is 187 Å². The van der Waals surface area contributed by atoms with E-state index in [0.717, 1.165) is 11.1 Å². The number of benzene rings is 2. The molecular weight excluding hydrogens is 408 g/mol. The van der Waals surface area contributed by atoms with Crippen molar-refractivity contribution >= 4 is 17.7 Å². The second-order valence-corrected chi connectivity index (χ2v) is 6.68. The average Bonchev–Trinajstić information content (AvgIpc) is 2.82. The van der Waals surface area contributed by atoms with E-state index in [1.165, 1.54) is 6.08 Å². The van der Waals surface area contributed by atoms with Crippen LogP contribution in [0.3, 0.4) is 0 Å². The summed E-state index contributed by atoms with van der Waals surface area (Å²) in [6.45, 7) is 2.78. The Hall–Kier alpha value is -4.00. The zero-order valence-electron chi connectivity index (χ0n) is 18.3. The van der Waals surface area contributed by atoms with Crippen LogP contribution in [0.1, 0.15) is 18.1 Å². The topological polar surface area (TPSA) is 78.9 Å². The summed E-state index contributed by atoms with van der Waals surface area (Å²) in [6.07, 6.45) is 6.58. The maximum atomic E-state index is 12.4. The van der Waals surface area contributed by atoms with Gasteiger partial charge in [0.2, 0.25) is 5.91 Å². The van der Waals surface area contributed by atoms with E-state index in [0.29, 0.717) is 41.9 Å². The van der Waals surface area contributed by atoms with Crippen LogP contribution in [0.5, 0.6) is 23.0 Å². The number of nitrogens with zero attached hydrogens (tertiary/aromatic N) is 1. The van der Waals surface area contributed by atoms with Gasteiger partial charge in [-0.15, -0.1) is 0 Å². The minimum atomic E-state index is -0.274. The number of aromatic nitrogens is 1. The molecule has 0 aliphatic carbocycles. The highest BCUT2D eigenvalue weighted by molar-refractivity contribution is 6.02. The van der Waals surface area contributed by atoms with Crippen LogP contribution in [0.15, 0.2) is 67.0 Å². The van der Waals surface area contributed by atoms with E-state index in [9.17, 15) is 4.79 Å². The molecule has 3 rings (SSSR count). The van der Waals surface area contributed by atoms with E-state index in [2.05, 4.69) is 10.3 Å². The molecule has 0 aliphatic heterocycles. The Balaban J connectivity index is 1.67. The summed E-state index contributed by atoms with van der Waals surface area (Å²) >= 11 is 0. The fourth-order valence-electron chi connectivity index (χ4n) is 2.93. The summed E-state index contributed by atoms with van der Waals surface area (Å²) in [6, 6.07) is 14.5. The molecule has 0 spiro atoms. The summed E-state index contributed by atoms with van der Waals surface area (Å²) in [5, 5.41) is 2.84. The molecule has 0 saturated heterocycles. The number of ether oxygens (including phenoxy) is 4. The van der Waals surface area contributed by atoms with E-state index in [1.54, 1.807) is 57.0 Å². The van der Waals surface area contributed by atoms with Crippen LogP contribution in [0, 0.1) is 0 Å². The molecule has 1 aromatic heterocycles. The number of amides is 1. The fraction of sp³-hybridized carbons (Fsp3) is 0.200. The molecule has 32 heavy (non-hydrogen) atoms. The first-order valence-electron chi connectivity index (χ1n) is 10.1. The fourth-order valence-corrected chi connectivity index (χ4v) is 2.93. The molecule has 2 aromatic carbocycles. The van der Waals surface area contributed by atoms with Gasteiger partial charge in [-0.1, -0.05) is 6.07 Å². The van der Waals surface area contributed by atoms with Gasteiger partial charge in [-0.2, -0.15) is 0 Å². The van der Waals surface area contributed by atoms with Crippen LogP contribution in [-0.4, -0.2) is 31.7 Å². The molecule has 0 unspecified atom stereocenters. The molecule has 166 valence electrons. The predicted molar refractivity (Wildman–Crippen MR) is 123 cm³/mol. The van der Waals surface area contributed by atoms with Gasteiger partial charge in [0.25, 0.3) is 0 Å². The number of nitrogens with one attached hydrogen (secondary N) is 1. The molecule has 0 saturated carbocycles. The number of pyridine rings is 1. The Morgan fingerprint density at radius 3 is 2.28 bits per heavy atom. The number of hydrogen-bond acceptors (Lipinski definition) is 6. The normalized spacial score (nSPS) is 10.6. The predicted octanol–water partition coefficient (Wildman–Crippen LogP) is 4.73. The number of anilines is 1. The molecule has 0 radical (unpaired) electrons. The molecule has 1 N–H and O–H groups in total. The lowest BCUT2D eigenvalue weighted by Gasteiger charge is -2.12. The summed E-state index contributed by atoms with van der Waals surface area (Å²) in [4.78, 5) is 16.4. The van der Waals surface area contributed by atoms with Gasteiger partial charge >= 0.3 is 0 Å². The summed E-state index contributed by atoms with van der Waals surface area (Å²) in [7, 11) is 3.16. The minimum absolute atomic E-state index is 0.274. The van der Waals surface area contributed by atoms with Gasteiger partial charge in [-0.05, 0) is 60.5 Å². The van der Waals surface area contributed by atoms with Crippen molar-refractivity contribution in [3.8, 4) is 23.0 Å². The van der Waals surface area contributed by atoms with E-state index in [1.807, 2.05) is 31.2 Å². The third kappa shape index (κ3) is 6.25. The van der Waals surface area contributed by atoms with Crippen LogP contribution in [-0.2, 0) is 11.4 Å². The molecule has 0 atom stereocenters. The van der Waals surface area contributed by atoms with Crippen LogP contribution < -0.4 is 24.3 Å². The summed E-state index contributed by atoms with van der Waals surface area (Å²) < 4.78 is 22.1. The van der Waals surface area contributed by atoms with E-state index in [-0.39, 0.29) is 5.91 Å². The van der Waals surface area contributed by atoms with Crippen molar-refractivity contribution in [2.45, 2.75) is 13.5 Å². The third-order valence-corrected chi connectivity index (χ3v) is 4.49. The Bertz CT molecular complexity index is 1070. The van der Waals surface area contributed by atoms with E-state index in [4.69, 9.17) is 18.9 Å². The summed E-state index contributed by atoms with van der Waals surface area (Å²) in [5.74, 6) is 2.11. The van der Waals surface area contributed by atoms with Crippen molar-refractivity contribution in [1.82, 2.24) is 4.98 Å². The van der Waals surface area contributed by atoms with Gasteiger partial charge in [-0.25, -0.2) is 0 Å². The van der Waals surface area contributed by atoms with Crippen LogP contribution in [0.2, 0.25) is 0 Å². The van der Waals surface area contributed by atoms with Gasteiger partial charge in [0.1, 0.15) is 6.61 Å². The average molecular weight is 434 g/mol. The molecule has 0 aliphatic rings. The van der Waals surface area contributed by atoms with E-state index >= 15 is 0 Å². The van der Waals surface area contributed by atoms with Crippen molar-refractivity contribution < 1.29 is 23.7 Å². The number of rotatable bonds is 10. The lowest BCUT2D eigenvalue weighted by atomic mass is 10.2. The highest BCUT2D eigenvalue weighted by Gasteiger charge is 2.08. The summed E-state index contributed by atoms with van der Waals surface area (Å²) in [5.41, 5.74) is 2.39. The van der Waals surface area contributed by atoms with Crippen LogP contribution in [0.25, 0.3) is 6.08 Å². The lowest BCUT2D eigenvalue weighted by Crippen LogP contribution is -2.08. The maximum Gasteiger partial charge on any atom is 0.248 e. The first kappa shape index (κ1) is 22.7. The molecule has 0 fully saturated rings. The standard InChI is InChI=1S/C25H26N2O5/c1-4-31-23-15-18(5-8-21(23)29-2)6-10-25(28)27-20-7-9-22(30-3)24(16-20)32-17-19-11-13-26-14-12-19/h5-16H,4,17H2,1-3H3,(H,27,28). The van der Waals surface area contributed by atoms with Crippen molar-refractivity contribution in [2.24, 2.45) is 0 Å². The number of methoxy groups -OCH3 is 2. The number of carbonyl (C=O) groups excluding carboxylic acids is 1. The molecular formula is C25H26N2O5. The second kappa shape index (κ2) is 11.4. The maximum absolute atomic E-state index is 12.4. The zero-order valence-corrected chi connectivity index (χ0v) is 18.3. The molecule has 7 heteroatoms. The highest BCUT2D eigenvalue weighted by atomic mass is 16.5.